The third-order valence-corrected chi connectivity index (χ3v) is 4.54. The fourth-order valence-corrected chi connectivity index (χ4v) is 2.67. The quantitative estimate of drug-likeness (QED) is 0.330. The van der Waals surface area contributed by atoms with E-state index in [-0.39, 0.29) is 62.9 Å². The maximum atomic E-state index is 12.1. The molecular formula is C18H19KO7S. The summed E-state index contributed by atoms with van der Waals surface area (Å²) in [7, 11) is -4.86. The molecule has 0 aliphatic rings. The van der Waals surface area contributed by atoms with E-state index in [0.717, 1.165) is 11.1 Å². The molecule has 0 aliphatic carbocycles. The van der Waals surface area contributed by atoms with E-state index in [4.69, 9.17) is 9.47 Å². The van der Waals surface area contributed by atoms with E-state index in [1.54, 1.807) is 24.3 Å². The summed E-state index contributed by atoms with van der Waals surface area (Å²) in [5.41, 5.74) is 1.86. The van der Waals surface area contributed by atoms with E-state index in [9.17, 15) is 22.6 Å². The van der Waals surface area contributed by atoms with Gasteiger partial charge >= 0.3 is 63.3 Å². The van der Waals surface area contributed by atoms with Crippen LogP contribution in [0.25, 0.3) is 0 Å². The fraction of sp³-hybridized carbons (Fsp3) is 0.222. The molecule has 140 valence electrons. The Morgan fingerprint density at radius 3 is 1.70 bits per heavy atom. The van der Waals surface area contributed by atoms with Crippen molar-refractivity contribution in [3.05, 3.63) is 59.7 Å². The summed E-state index contributed by atoms with van der Waals surface area (Å²) in [5.74, 6) is -1.96. The molecule has 0 aromatic heterocycles. The van der Waals surface area contributed by atoms with Crippen LogP contribution in [-0.4, -0.2) is 81.5 Å². The fourth-order valence-electron chi connectivity index (χ4n) is 2.03. The van der Waals surface area contributed by atoms with Gasteiger partial charge in [0, 0.05) is 0 Å². The average Bonchev–Trinajstić information content (AvgIpc) is 2.56. The first kappa shape index (κ1) is 24.0. The SMILES string of the molecule is Cc1ccc(OC(=O)CC(C(=O)Oc2ccc(C)cc2)S(=O)(=O)O)cc1.[KH]. The number of aryl methyl sites for hydroxylation is 2. The third-order valence-electron chi connectivity index (χ3n) is 3.47. The first-order chi connectivity index (χ1) is 12.1. The van der Waals surface area contributed by atoms with Gasteiger partial charge in [-0.25, -0.2) is 0 Å². The van der Waals surface area contributed by atoms with Crippen LogP contribution in [0.3, 0.4) is 0 Å². The van der Waals surface area contributed by atoms with Crippen molar-refractivity contribution < 1.29 is 32.0 Å². The molecule has 2 rings (SSSR count). The number of esters is 2. The third kappa shape index (κ3) is 7.82. The van der Waals surface area contributed by atoms with Gasteiger partial charge in [0.05, 0.1) is 6.42 Å². The Hall–Kier alpha value is -1.07. The van der Waals surface area contributed by atoms with Crippen LogP contribution in [0.4, 0.5) is 0 Å². The van der Waals surface area contributed by atoms with Gasteiger partial charge in [0.25, 0.3) is 10.1 Å². The number of carbonyl (C=O) groups excluding carboxylic acids is 2. The Labute approximate surface area is 200 Å². The van der Waals surface area contributed by atoms with E-state index in [1.807, 2.05) is 13.8 Å². The van der Waals surface area contributed by atoms with Gasteiger partial charge in [-0.3, -0.25) is 14.1 Å². The van der Waals surface area contributed by atoms with Crippen LogP contribution in [-0.2, 0) is 19.7 Å². The maximum absolute atomic E-state index is 12.1. The predicted molar refractivity (Wildman–Crippen MR) is 101 cm³/mol. The van der Waals surface area contributed by atoms with Gasteiger partial charge < -0.3 is 9.47 Å². The van der Waals surface area contributed by atoms with Gasteiger partial charge in [-0.1, -0.05) is 35.4 Å². The van der Waals surface area contributed by atoms with Gasteiger partial charge in [0.15, 0.2) is 5.25 Å². The number of hydrogen-bond donors (Lipinski definition) is 1. The van der Waals surface area contributed by atoms with Crippen molar-refractivity contribution in [1.29, 1.82) is 0 Å². The summed E-state index contributed by atoms with van der Waals surface area (Å²) in [6, 6.07) is 12.7. The van der Waals surface area contributed by atoms with Gasteiger partial charge in [-0.2, -0.15) is 8.42 Å². The average molecular weight is 419 g/mol. The first-order valence-corrected chi connectivity index (χ1v) is 9.17. The number of rotatable bonds is 6. The van der Waals surface area contributed by atoms with Crippen molar-refractivity contribution in [2.75, 3.05) is 0 Å². The Kier molecular flexibility index (Phi) is 9.29. The number of ether oxygens (including phenoxy) is 2. The molecule has 2 aromatic carbocycles. The minimum atomic E-state index is -4.86. The molecule has 0 bridgehead atoms. The van der Waals surface area contributed by atoms with Crippen LogP contribution in [0.2, 0.25) is 0 Å². The Bertz CT molecular complexity index is 890. The molecule has 1 N–H and O–H groups in total. The van der Waals surface area contributed by atoms with Gasteiger partial charge in [0.2, 0.25) is 0 Å². The zero-order valence-corrected chi connectivity index (χ0v) is 15.0. The molecule has 0 saturated heterocycles. The van der Waals surface area contributed by atoms with E-state index in [1.165, 1.54) is 24.3 Å². The topological polar surface area (TPSA) is 107 Å². The molecule has 7 nitrogen and oxygen atoms in total. The Morgan fingerprint density at radius 2 is 1.30 bits per heavy atom. The van der Waals surface area contributed by atoms with Crippen molar-refractivity contribution in [3.63, 3.8) is 0 Å². The second-order valence-electron chi connectivity index (χ2n) is 5.73. The molecule has 1 unspecified atom stereocenters. The van der Waals surface area contributed by atoms with Crippen molar-refractivity contribution in [2.45, 2.75) is 25.5 Å². The van der Waals surface area contributed by atoms with Gasteiger partial charge in [0.1, 0.15) is 11.5 Å². The van der Waals surface area contributed by atoms with Crippen LogP contribution in [0.5, 0.6) is 11.5 Å². The Balaban J connectivity index is 0.00000364. The molecule has 0 radical (unpaired) electrons. The van der Waals surface area contributed by atoms with Crippen LogP contribution in [0.1, 0.15) is 17.5 Å². The summed E-state index contributed by atoms with van der Waals surface area (Å²) in [5, 5.41) is -2.08. The first-order valence-electron chi connectivity index (χ1n) is 7.67. The summed E-state index contributed by atoms with van der Waals surface area (Å²) in [6.07, 6.45) is -0.878. The van der Waals surface area contributed by atoms with Crippen LogP contribution < -0.4 is 9.47 Å². The van der Waals surface area contributed by atoms with Crippen molar-refractivity contribution >= 4 is 73.4 Å². The number of benzene rings is 2. The number of carbonyl (C=O) groups is 2. The summed E-state index contributed by atoms with van der Waals surface area (Å²) in [6.45, 7) is 3.68. The molecule has 9 heteroatoms. The molecule has 0 heterocycles. The molecule has 27 heavy (non-hydrogen) atoms. The van der Waals surface area contributed by atoms with Gasteiger partial charge in [-0.05, 0) is 38.1 Å². The summed E-state index contributed by atoms with van der Waals surface area (Å²) >= 11 is 0. The van der Waals surface area contributed by atoms with Crippen LogP contribution in [0, 0.1) is 13.8 Å². The van der Waals surface area contributed by atoms with Crippen molar-refractivity contribution in [2.24, 2.45) is 0 Å². The molecule has 0 fully saturated rings. The van der Waals surface area contributed by atoms with Crippen LogP contribution in [0.15, 0.2) is 48.5 Å². The molecule has 0 spiro atoms. The number of hydrogen-bond acceptors (Lipinski definition) is 6. The van der Waals surface area contributed by atoms with Crippen LogP contribution >= 0.6 is 0 Å². The molecule has 0 aliphatic heterocycles. The van der Waals surface area contributed by atoms with Gasteiger partial charge in [-0.15, -0.1) is 0 Å². The normalized spacial score (nSPS) is 11.8. The van der Waals surface area contributed by atoms with Crippen molar-refractivity contribution in [3.8, 4) is 11.5 Å². The minimum absolute atomic E-state index is 0. The second kappa shape index (κ2) is 10.5. The van der Waals surface area contributed by atoms with E-state index in [2.05, 4.69) is 0 Å². The zero-order chi connectivity index (χ0) is 19.3. The second-order valence-corrected chi connectivity index (χ2v) is 7.33. The molecule has 1 atom stereocenters. The monoisotopic (exact) mass is 418 g/mol. The predicted octanol–water partition coefficient (Wildman–Crippen LogP) is 1.81. The van der Waals surface area contributed by atoms with E-state index >= 15 is 0 Å². The van der Waals surface area contributed by atoms with Crippen molar-refractivity contribution in [1.82, 2.24) is 0 Å². The summed E-state index contributed by atoms with van der Waals surface area (Å²) < 4.78 is 42.2. The molecule has 0 amide bonds. The molecule has 0 saturated carbocycles. The standard InChI is InChI=1S/C18H18O7S.K.H/c1-12-3-7-14(8-4-12)24-17(19)11-16(26(21,22)23)18(20)25-15-9-5-13(2)6-10-15;;/h3-10,16H,11H2,1-2H3,(H,21,22,23);;. The van der Waals surface area contributed by atoms with E-state index < -0.39 is 33.7 Å². The summed E-state index contributed by atoms with van der Waals surface area (Å²) in [4.78, 5) is 24.1. The Morgan fingerprint density at radius 1 is 0.889 bits per heavy atom. The zero-order valence-electron chi connectivity index (χ0n) is 14.2. The molecular weight excluding hydrogens is 399 g/mol. The van der Waals surface area contributed by atoms with E-state index in [0.29, 0.717) is 0 Å². The molecule has 2 aromatic rings.